The van der Waals surface area contributed by atoms with Crippen molar-refractivity contribution in [2.45, 2.75) is 64.9 Å². The van der Waals surface area contributed by atoms with Crippen LogP contribution in [0.4, 0.5) is 0 Å². The van der Waals surface area contributed by atoms with Crippen LogP contribution in [0.2, 0.25) is 0 Å². The molecule has 0 aliphatic heterocycles. The minimum absolute atomic E-state index is 0.122. The molecule has 4 aliphatic rings. The number of hydrogen-bond acceptors (Lipinski definition) is 2. The van der Waals surface area contributed by atoms with Crippen LogP contribution in [0.15, 0.2) is 60.3 Å². The van der Waals surface area contributed by atoms with Crippen molar-refractivity contribution in [3.8, 4) is 5.69 Å². The third-order valence-electron chi connectivity index (χ3n) is 9.58. The number of rotatable bonds is 2. The van der Waals surface area contributed by atoms with Gasteiger partial charge in [-0.25, -0.2) is 4.68 Å². The Hall–Kier alpha value is -2.13. The van der Waals surface area contributed by atoms with Crippen LogP contribution in [0.1, 0.15) is 64.5 Å². The molecule has 0 amide bonds. The lowest BCUT2D eigenvalue weighted by Gasteiger charge is -2.57. The van der Waals surface area contributed by atoms with Crippen molar-refractivity contribution in [3.63, 3.8) is 0 Å². The molecule has 1 heterocycles. The molecule has 3 nitrogen and oxygen atoms in total. The first-order valence-corrected chi connectivity index (χ1v) is 12.2. The summed E-state index contributed by atoms with van der Waals surface area (Å²) in [5, 5.41) is 14.9. The highest BCUT2D eigenvalue weighted by molar-refractivity contribution is 5.72. The van der Waals surface area contributed by atoms with Crippen molar-refractivity contribution in [2.24, 2.45) is 28.6 Å². The summed E-state index contributed by atoms with van der Waals surface area (Å²) in [6.07, 6.45) is 14.9. The zero-order valence-corrected chi connectivity index (χ0v) is 18.8. The standard InChI is InChI=1S/C28H34N2O/c1-27-15-12-21(31)18-19(27)8-9-22-23-10-11-25(28(23,2)16-13-24(22)27)26-14-17-29-30(26)20-6-4-3-5-7-20/h3-8,11,14,17,21-24,31H,9-10,12-13,15-16,18H2,1-2H3/t21?,22?,23?,24?,27-,28-/m0/s1. The third-order valence-corrected chi connectivity index (χ3v) is 9.58. The Morgan fingerprint density at radius 2 is 1.74 bits per heavy atom. The molecule has 1 aromatic carbocycles. The summed E-state index contributed by atoms with van der Waals surface area (Å²) in [6, 6.07) is 12.8. The molecule has 2 saturated carbocycles. The number of nitrogens with zero attached hydrogens (tertiary/aromatic N) is 2. The summed E-state index contributed by atoms with van der Waals surface area (Å²) in [7, 11) is 0. The van der Waals surface area contributed by atoms with Gasteiger partial charge in [-0.1, -0.05) is 49.8 Å². The molecule has 1 aromatic heterocycles. The molecule has 31 heavy (non-hydrogen) atoms. The minimum atomic E-state index is -0.122. The van der Waals surface area contributed by atoms with Crippen LogP contribution >= 0.6 is 0 Å². The molecule has 2 fully saturated rings. The fourth-order valence-electron chi connectivity index (χ4n) is 7.89. The van der Waals surface area contributed by atoms with Crippen molar-refractivity contribution >= 4 is 5.57 Å². The molecule has 2 aromatic rings. The zero-order chi connectivity index (χ0) is 21.2. The predicted molar refractivity (Wildman–Crippen MR) is 125 cm³/mol. The van der Waals surface area contributed by atoms with Crippen LogP contribution in [0, 0.1) is 28.6 Å². The van der Waals surface area contributed by atoms with Gasteiger partial charge in [-0.3, -0.25) is 0 Å². The summed E-state index contributed by atoms with van der Waals surface area (Å²) in [6.45, 7) is 5.04. The van der Waals surface area contributed by atoms with Crippen LogP contribution in [0.5, 0.6) is 0 Å². The van der Waals surface area contributed by atoms with Crippen molar-refractivity contribution in [1.29, 1.82) is 0 Å². The molecular formula is C28H34N2O. The monoisotopic (exact) mass is 414 g/mol. The quantitative estimate of drug-likeness (QED) is 0.595. The molecule has 6 atom stereocenters. The summed E-state index contributed by atoms with van der Waals surface area (Å²) in [5.41, 5.74) is 6.01. The van der Waals surface area contributed by atoms with E-state index in [1.165, 1.54) is 37.0 Å². The Kier molecular flexibility index (Phi) is 4.37. The lowest BCUT2D eigenvalue weighted by atomic mass is 9.47. The van der Waals surface area contributed by atoms with E-state index in [9.17, 15) is 5.11 Å². The van der Waals surface area contributed by atoms with Gasteiger partial charge in [0, 0.05) is 0 Å². The second-order valence-electron chi connectivity index (χ2n) is 10.9. The van der Waals surface area contributed by atoms with Gasteiger partial charge in [0.05, 0.1) is 23.7 Å². The average molecular weight is 415 g/mol. The number of aliphatic hydroxyl groups excluding tert-OH is 1. The van der Waals surface area contributed by atoms with Crippen LogP contribution in [-0.2, 0) is 0 Å². The SMILES string of the molecule is C[C@]12CCC(O)CC1=CCC1C2CC[C@]2(C)C(c3ccnn3-c3ccccc3)=CCC12. The molecule has 0 radical (unpaired) electrons. The molecule has 4 aliphatic carbocycles. The second kappa shape index (κ2) is 6.93. The van der Waals surface area contributed by atoms with E-state index in [2.05, 4.69) is 67.1 Å². The molecule has 4 unspecified atom stereocenters. The van der Waals surface area contributed by atoms with E-state index in [1.807, 2.05) is 6.20 Å². The lowest BCUT2D eigenvalue weighted by molar-refractivity contribution is -0.0239. The largest absolute Gasteiger partial charge is 0.393 e. The topological polar surface area (TPSA) is 38.1 Å². The Morgan fingerprint density at radius 1 is 0.935 bits per heavy atom. The van der Waals surface area contributed by atoms with Crippen molar-refractivity contribution in [2.75, 3.05) is 0 Å². The second-order valence-corrected chi connectivity index (χ2v) is 10.9. The number of allylic oxidation sites excluding steroid dienone is 3. The average Bonchev–Trinajstić information content (AvgIpc) is 3.38. The van der Waals surface area contributed by atoms with E-state index < -0.39 is 0 Å². The van der Waals surface area contributed by atoms with Crippen LogP contribution < -0.4 is 0 Å². The van der Waals surface area contributed by atoms with E-state index in [0.717, 1.165) is 36.8 Å². The molecule has 1 N–H and O–H groups in total. The van der Waals surface area contributed by atoms with Gasteiger partial charge in [0.1, 0.15) is 0 Å². The highest BCUT2D eigenvalue weighted by Gasteiger charge is 2.57. The van der Waals surface area contributed by atoms with Crippen LogP contribution in [0.3, 0.4) is 0 Å². The van der Waals surface area contributed by atoms with Crippen LogP contribution in [0.25, 0.3) is 11.3 Å². The van der Waals surface area contributed by atoms with Gasteiger partial charge >= 0.3 is 0 Å². The van der Waals surface area contributed by atoms with Gasteiger partial charge < -0.3 is 5.11 Å². The highest BCUT2D eigenvalue weighted by atomic mass is 16.3. The molecule has 3 heteroatoms. The fourth-order valence-corrected chi connectivity index (χ4v) is 7.89. The van der Waals surface area contributed by atoms with Gasteiger partial charge in [0.15, 0.2) is 0 Å². The van der Waals surface area contributed by atoms with Crippen LogP contribution in [-0.4, -0.2) is 21.0 Å². The van der Waals surface area contributed by atoms with Gasteiger partial charge in [0.25, 0.3) is 0 Å². The van der Waals surface area contributed by atoms with E-state index >= 15 is 0 Å². The first kappa shape index (κ1) is 19.5. The Morgan fingerprint density at radius 3 is 2.58 bits per heavy atom. The normalized spacial score (nSPS) is 39.2. The maximum Gasteiger partial charge on any atom is 0.0703 e. The van der Waals surface area contributed by atoms with E-state index in [0.29, 0.717) is 11.3 Å². The van der Waals surface area contributed by atoms with E-state index in [1.54, 1.807) is 5.57 Å². The zero-order valence-electron chi connectivity index (χ0n) is 18.8. The Bertz CT molecular complexity index is 1050. The number of para-hydroxylation sites is 1. The van der Waals surface area contributed by atoms with Gasteiger partial charge in [0.2, 0.25) is 0 Å². The Balaban J connectivity index is 1.34. The minimum Gasteiger partial charge on any atom is -0.393 e. The molecule has 6 rings (SSSR count). The summed E-state index contributed by atoms with van der Waals surface area (Å²) < 4.78 is 2.13. The van der Waals surface area contributed by atoms with E-state index in [-0.39, 0.29) is 11.5 Å². The van der Waals surface area contributed by atoms with Crippen molar-refractivity contribution < 1.29 is 5.11 Å². The number of aromatic nitrogens is 2. The summed E-state index contributed by atoms with van der Waals surface area (Å²) >= 11 is 0. The maximum atomic E-state index is 10.3. The number of fused-ring (bicyclic) bond motifs is 5. The number of aliphatic hydroxyl groups is 1. The number of hydrogen-bond donors (Lipinski definition) is 1. The fraction of sp³-hybridized carbons (Fsp3) is 0.536. The van der Waals surface area contributed by atoms with E-state index in [4.69, 9.17) is 5.10 Å². The van der Waals surface area contributed by atoms with Gasteiger partial charge in [-0.05, 0) is 97.3 Å². The van der Waals surface area contributed by atoms with Gasteiger partial charge in [-0.15, -0.1) is 0 Å². The highest BCUT2D eigenvalue weighted by Crippen LogP contribution is 2.66. The number of benzene rings is 1. The first-order chi connectivity index (χ1) is 15.0. The molecule has 0 spiro atoms. The van der Waals surface area contributed by atoms with Crippen molar-refractivity contribution in [3.05, 3.63) is 66.0 Å². The molecule has 162 valence electrons. The van der Waals surface area contributed by atoms with Crippen molar-refractivity contribution in [1.82, 2.24) is 9.78 Å². The lowest BCUT2D eigenvalue weighted by Crippen LogP contribution is -2.49. The Labute approximate surface area is 185 Å². The molecule has 0 bridgehead atoms. The molecule has 0 saturated heterocycles. The smallest absolute Gasteiger partial charge is 0.0703 e. The predicted octanol–water partition coefficient (Wildman–Crippen LogP) is 6.19. The molecular weight excluding hydrogens is 380 g/mol. The first-order valence-electron chi connectivity index (χ1n) is 12.2. The van der Waals surface area contributed by atoms with Gasteiger partial charge in [-0.2, -0.15) is 5.10 Å². The summed E-state index contributed by atoms with van der Waals surface area (Å²) in [5.74, 6) is 2.23. The maximum absolute atomic E-state index is 10.3. The summed E-state index contributed by atoms with van der Waals surface area (Å²) in [4.78, 5) is 0. The third kappa shape index (κ3) is 2.78.